The van der Waals surface area contributed by atoms with Gasteiger partial charge in [0.1, 0.15) is 0 Å². The quantitative estimate of drug-likeness (QED) is 0.182. The number of nitrogens with one attached hydrogen (secondary N) is 1. The number of imide groups is 1. The summed E-state index contributed by atoms with van der Waals surface area (Å²) in [5.41, 5.74) is -0.779. The Labute approximate surface area is 220 Å². The van der Waals surface area contributed by atoms with Crippen LogP contribution in [0.25, 0.3) is 0 Å². The van der Waals surface area contributed by atoms with Crippen molar-refractivity contribution in [1.82, 2.24) is 10.2 Å². The van der Waals surface area contributed by atoms with E-state index in [4.69, 9.17) is 0 Å². The summed E-state index contributed by atoms with van der Waals surface area (Å²) in [5.74, 6) is 1.43. The van der Waals surface area contributed by atoms with E-state index in [1.807, 2.05) is 20.8 Å². The van der Waals surface area contributed by atoms with Crippen LogP contribution in [0.3, 0.4) is 0 Å². The summed E-state index contributed by atoms with van der Waals surface area (Å²) in [6.07, 6.45) is 7.86. The average molecular weight is 511 g/mol. The molecule has 0 aromatic heterocycles. The largest absolute Gasteiger partial charge is 0.351 e. The summed E-state index contributed by atoms with van der Waals surface area (Å²) in [7, 11) is 0. The zero-order valence-electron chi connectivity index (χ0n) is 24.4. The smallest absolute Gasteiger partial charge is 0.242 e. The minimum absolute atomic E-state index is 0.0319. The van der Waals surface area contributed by atoms with E-state index in [-0.39, 0.29) is 39.8 Å². The molecule has 3 amide bonds. The SMILES string of the molecule is CCCCCCCSC1CC(=O)N(CC(C)CC(C)(C)C(=O)NC(C)(C)CC(C)(C)C(C)C)C1=O. The van der Waals surface area contributed by atoms with Crippen LogP contribution in [0.5, 0.6) is 0 Å². The van der Waals surface area contributed by atoms with Crippen molar-refractivity contribution < 1.29 is 14.4 Å². The summed E-state index contributed by atoms with van der Waals surface area (Å²) in [6, 6.07) is 0. The van der Waals surface area contributed by atoms with Gasteiger partial charge >= 0.3 is 0 Å². The van der Waals surface area contributed by atoms with Crippen LogP contribution in [-0.4, -0.2) is 45.7 Å². The highest BCUT2D eigenvalue weighted by Crippen LogP contribution is 2.36. The third-order valence-corrected chi connectivity index (χ3v) is 8.94. The molecule has 1 aliphatic rings. The molecule has 0 aliphatic carbocycles. The zero-order valence-corrected chi connectivity index (χ0v) is 25.2. The minimum atomic E-state index is -0.586. The standard InChI is InChI=1S/C29H54N2O3S/c1-11-12-13-14-15-16-35-23-17-24(32)31(25(23)33)19-22(4)18-27(5,6)26(34)30-29(9,10)20-28(7,8)21(2)3/h21-23H,11-20H2,1-10H3,(H,30,34). The molecule has 6 heteroatoms. The molecular weight excluding hydrogens is 456 g/mol. The van der Waals surface area contributed by atoms with Gasteiger partial charge in [0, 0.05) is 23.9 Å². The van der Waals surface area contributed by atoms with E-state index in [2.05, 4.69) is 53.8 Å². The van der Waals surface area contributed by atoms with Crippen LogP contribution in [0, 0.1) is 22.7 Å². The highest BCUT2D eigenvalue weighted by atomic mass is 32.2. The molecule has 1 heterocycles. The molecule has 0 bridgehead atoms. The van der Waals surface area contributed by atoms with Gasteiger partial charge < -0.3 is 5.32 Å². The number of likely N-dealkylation sites (tertiary alicyclic amines) is 1. The molecule has 1 aliphatic heterocycles. The summed E-state index contributed by atoms with van der Waals surface area (Å²) in [5, 5.41) is 3.05. The van der Waals surface area contributed by atoms with Gasteiger partial charge in [0.25, 0.3) is 0 Å². The lowest BCUT2D eigenvalue weighted by Crippen LogP contribution is -2.51. The number of hydrogen-bond acceptors (Lipinski definition) is 4. The number of amides is 3. The lowest BCUT2D eigenvalue weighted by Gasteiger charge is -2.40. The van der Waals surface area contributed by atoms with E-state index < -0.39 is 5.41 Å². The van der Waals surface area contributed by atoms with Crippen LogP contribution < -0.4 is 5.32 Å². The minimum Gasteiger partial charge on any atom is -0.351 e. The number of carbonyl (C=O) groups is 3. The van der Waals surface area contributed by atoms with Gasteiger partial charge in [-0.2, -0.15) is 0 Å². The molecule has 1 fully saturated rings. The number of carbonyl (C=O) groups excluding carboxylic acids is 3. The number of unbranched alkanes of at least 4 members (excludes halogenated alkanes) is 4. The summed E-state index contributed by atoms with van der Waals surface area (Å²) >= 11 is 1.64. The second kappa shape index (κ2) is 13.5. The second-order valence-corrected chi connectivity index (χ2v) is 14.5. The van der Waals surface area contributed by atoms with Crippen molar-refractivity contribution in [2.24, 2.45) is 22.7 Å². The van der Waals surface area contributed by atoms with E-state index in [1.165, 1.54) is 30.6 Å². The predicted octanol–water partition coefficient (Wildman–Crippen LogP) is 6.84. The Balaban J connectivity index is 2.60. The van der Waals surface area contributed by atoms with E-state index in [0.717, 1.165) is 18.6 Å². The van der Waals surface area contributed by atoms with Crippen molar-refractivity contribution >= 4 is 29.5 Å². The Bertz CT molecular complexity index is 715. The van der Waals surface area contributed by atoms with Gasteiger partial charge in [-0.05, 0) is 56.1 Å². The molecule has 1 N–H and O–H groups in total. The lowest BCUT2D eigenvalue weighted by atomic mass is 9.72. The van der Waals surface area contributed by atoms with Gasteiger partial charge in [0.05, 0.1) is 5.25 Å². The first-order chi connectivity index (χ1) is 16.0. The van der Waals surface area contributed by atoms with Crippen molar-refractivity contribution in [3.8, 4) is 0 Å². The maximum atomic E-state index is 13.2. The molecule has 0 aromatic rings. The van der Waals surface area contributed by atoms with E-state index in [1.54, 1.807) is 11.8 Å². The Kier molecular flexibility index (Phi) is 12.3. The van der Waals surface area contributed by atoms with E-state index >= 15 is 0 Å². The van der Waals surface area contributed by atoms with Crippen molar-refractivity contribution in [1.29, 1.82) is 0 Å². The fourth-order valence-corrected chi connectivity index (χ4v) is 6.30. The third-order valence-electron chi connectivity index (χ3n) is 7.65. The summed E-state index contributed by atoms with van der Waals surface area (Å²) < 4.78 is 0. The number of nitrogens with zero attached hydrogens (tertiary/aromatic N) is 1. The summed E-state index contributed by atoms with van der Waals surface area (Å²) in [6.45, 7) is 21.7. The highest BCUT2D eigenvalue weighted by molar-refractivity contribution is 8.00. The van der Waals surface area contributed by atoms with Gasteiger partial charge in [-0.3, -0.25) is 19.3 Å². The van der Waals surface area contributed by atoms with Crippen LogP contribution in [0.2, 0.25) is 0 Å². The predicted molar refractivity (Wildman–Crippen MR) is 149 cm³/mol. The van der Waals surface area contributed by atoms with Crippen molar-refractivity contribution in [2.45, 2.75) is 131 Å². The molecule has 1 rings (SSSR count). The lowest BCUT2D eigenvalue weighted by molar-refractivity contribution is -0.139. The third kappa shape index (κ3) is 10.5. The van der Waals surface area contributed by atoms with Gasteiger partial charge in [-0.1, -0.05) is 81.1 Å². The monoisotopic (exact) mass is 510 g/mol. The molecule has 0 aromatic carbocycles. The topological polar surface area (TPSA) is 66.5 Å². The van der Waals surface area contributed by atoms with Gasteiger partial charge in [-0.15, -0.1) is 11.8 Å². The molecule has 35 heavy (non-hydrogen) atoms. The maximum Gasteiger partial charge on any atom is 0.242 e. The fourth-order valence-electron chi connectivity index (χ4n) is 5.11. The van der Waals surface area contributed by atoms with Crippen molar-refractivity contribution in [3.05, 3.63) is 0 Å². The Morgan fingerprint density at radius 1 is 1.03 bits per heavy atom. The van der Waals surface area contributed by atoms with E-state index in [9.17, 15) is 14.4 Å². The van der Waals surface area contributed by atoms with Crippen LogP contribution in [0.4, 0.5) is 0 Å². The molecule has 204 valence electrons. The van der Waals surface area contributed by atoms with E-state index in [0.29, 0.717) is 25.3 Å². The first kappa shape index (κ1) is 32.0. The average Bonchev–Trinajstić information content (AvgIpc) is 2.96. The fraction of sp³-hybridized carbons (Fsp3) is 0.897. The first-order valence-corrected chi connectivity index (χ1v) is 14.9. The molecule has 2 atom stereocenters. The Hall–Kier alpha value is -1.04. The maximum absolute atomic E-state index is 13.2. The Morgan fingerprint density at radius 3 is 2.20 bits per heavy atom. The number of thioether (sulfide) groups is 1. The number of hydrogen-bond donors (Lipinski definition) is 1. The van der Waals surface area contributed by atoms with Gasteiger partial charge in [0.2, 0.25) is 17.7 Å². The van der Waals surface area contributed by atoms with Crippen molar-refractivity contribution in [3.63, 3.8) is 0 Å². The van der Waals surface area contributed by atoms with Crippen molar-refractivity contribution in [2.75, 3.05) is 12.3 Å². The highest BCUT2D eigenvalue weighted by Gasteiger charge is 2.41. The van der Waals surface area contributed by atoms with Crippen LogP contribution in [0.15, 0.2) is 0 Å². The molecular formula is C29H54N2O3S. The Morgan fingerprint density at radius 2 is 1.63 bits per heavy atom. The second-order valence-electron chi connectivity index (χ2n) is 13.2. The molecule has 0 saturated carbocycles. The molecule has 1 saturated heterocycles. The molecule has 2 unspecified atom stereocenters. The van der Waals surface area contributed by atoms with Crippen LogP contribution >= 0.6 is 11.8 Å². The molecule has 5 nitrogen and oxygen atoms in total. The van der Waals surface area contributed by atoms with Gasteiger partial charge in [-0.25, -0.2) is 0 Å². The normalized spacial score (nSPS) is 18.5. The molecule has 0 radical (unpaired) electrons. The van der Waals surface area contributed by atoms with Crippen LogP contribution in [0.1, 0.15) is 121 Å². The summed E-state index contributed by atoms with van der Waals surface area (Å²) in [4.78, 5) is 40.2. The zero-order chi connectivity index (χ0) is 27.0. The first-order valence-electron chi connectivity index (χ1n) is 13.8. The van der Waals surface area contributed by atoms with Crippen LogP contribution in [-0.2, 0) is 14.4 Å². The number of rotatable bonds is 16. The molecule has 0 spiro atoms. The van der Waals surface area contributed by atoms with Gasteiger partial charge in [0.15, 0.2) is 0 Å².